The van der Waals surface area contributed by atoms with Crippen LogP contribution in [-0.4, -0.2) is 63.4 Å². The van der Waals surface area contributed by atoms with Crippen molar-refractivity contribution in [3.05, 3.63) is 77.2 Å². The van der Waals surface area contributed by atoms with E-state index in [-0.39, 0.29) is 23.7 Å². The van der Waals surface area contributed by atoms with Gasteiger partial charge in [0.05, 0.1) is 17.4 Å². The zero-order valence-corrected chi connectivity index (χ0v) is 20.1. The number of aliphatic hydroxyl groups is 1. The minimum atomic E-state index is -4.46. The van der Waals surface area contributed by atoms with Crippen molar-refractivity contribution in [3.8, 4) is 11.3 Å². The van der Waals surface area contributed by atoms with E-state index in [4.69, 9.17) is 0 Å². The van der Waals surface area contributed by atoms with Crippen molar-refractivity contribution in [2.45, 2.75) is 43.4 Å². The Balaban J connectivity index is 1.44. The second-order valence-corrected chi connectivity index (χ2v) is 9.88. The van der Waals surface area contributed by atoms with Crippen LogP contribution in [0.25, 0.3) is 11.3 Å². The first kappa shape index (κ1) is 25.3. The van der Waals surface area contributed by atoms with Crippen LogP contribution in [-0.2, 0) is 6.18 Å². The molecule has 6 nitrogen and oxygen atoms in total. The maximum absolute atomic E-state index is 13.7. The van der Waals surface area contributed by atoms with Gasteiger partial charge in [0.1, 0.15) is 5.82 Å². The molecule has 2 N–H and O–H groups in total. The highest BCUT2D eigenvalue weighted by Crippen LogP contribution is 2.39. The lowest BCUT2D eigenvalue weighted by molar-refractivity contribution is -0.137. The highest BCUT2D eigenvalue weighted by molar-refractivity contribution is 5.75. The maximum Gasteiger partial charge on any atom is 0.416 e. The van der Waals surface area contributed by atoms with Crippen LogP contribution in [0.15, 0.2) is 54.6 Å². The van der Waals surface area contributed by atoms with Crippen molar-refractivity contribution in [2.75, 3.05) is 26.2 Å². The summed E-state index contributed by atoms with van der Waals surface area (Å²) in [6, 6.07) is 13.0. The molecule has 0 radical (unpaired) electrons. The molecule has 0 bridgehead atoms. The maximum atomic E-state index is 13.7. The molecule has 2 atom stereocenters. The molecule has 2 aromatic carbocycles. The van der Waals surface area contributed by atoms with Crippen molar-refractivity contribution in [1.82, 2.24) is 20.0 Å². The zero-order valence-electron chi connectivity index (χ0n) is 20.1. The lowest BCUT2D eigenvalue weighted by Crippen LogP contribution is -2.51. The number of hydrogen-bond donors (Lipinski definition) is 2. The largest absolute Gasteiger partial charge is 0.416 e. The third-order valence-corrected chi connectivity index (χ3v) is 7.30. The summed E-state index contributed by atoms with van der Waals surface area (Å²) in [6.07, 6.45) is -3.37. The van der Waals surface area contributed by atoms with Gasteiger partial charge >= 0.3 is 12.2 Å². The Hall–Kier alpha value is -3.40. The number of aromatic nitrogens is 2. The number of halogens is 4. The van der Waals surface area contributed by atoms with Gasteiger partial charge < -0.3 is 14.9 Å². The third-order valence-electron chi connectivity index (χ3n) is 7.30. The number of aliphatic hydroxyl groups excluding tert-OH is 1. The van der Waals surface area contributed by atoms with Gasteiger partial charge in [-0.2, -0.15) is 18.3 Å². The summed E-state index contributed by atoms with van der Waals surface area (Å²) in [6.45, 7) is 1.53. The van der Waals surface area contributed by atoms with E-state index in [9.17, 15) is 27.5 Å². The number of nitrogens with zero attached hydrogens (tertiary/aromatic N) is 3. The van der Waals surface area contributed by atoms with Crippen LogP contribution in [0.4, 0.5) is 22.4 Å². The Morgan fingerprint density at radius 1 is 0.973 bits per heavy atom. The summed E-state index contributed by atoms with van der Waals surface area (Å²) in [7, 11) is 0. The summed E-state index contributed by atoms with van der Waals surface area (Å²) >= 11 is 0. The molecule has 0 aliphatic carbocycles. The summed E-state index contributed by atoms with van der Waals surface area (Å²) < 4.78 is 54.0. The molecule has 2 fully saturated rings. The monoisotopic (exact) mass is 516 g/mol. The molecule has 2 aliphatic rings. The molecular formula is C27H28F4N4O2. The predicted octanol–water partition coefficient (Wildman–Crippen LogP) is 5.38. The Bertz CT molecular complexity index is 1250. The van der Waals surface area contributed by atoms with Gasteiger partial charge in [-0.15, -0.1) is 0 Å². The number of likely N-dealkylation sites (tertiary alicyclic amines) is 2. The average molecular weight is 517 g/mol. The van der Waals surface area contributed by atoms with Crippen LogP contribution in [0.1, 0.15) is 47.9 Å². The van der Waals surface area contributed by atoms with Crippen molar-refractivity contribution < 1.29 is 27.5 Å². The SMILES string of the molecule is O=C(N1CCC(O)CC1)N1CC(c2cccc(C(F)(F)F)c2)CC(c2cc(-c3cccc(F)c3)n[nH]2)C1. The number of aromatic amines is 1. The topological polar surface area (TPSA) is 72.5 Å². The molecule has 0 saturated carbocycles. The molecule has 1 aromatic heterocycles. The number of nitrogens with one attached hydrogen (secondary N) is 1. The number of benzene rings is 2. The standard InChI is InChI=1S/C27H28F4N4O2/c28-22-6-2-4-18(13-22)24-14-25(33-32-24)20-11-19(17-3-1-5-21(12-17)27(29,30)31)15-35(16-20)26(37)34-9-7-23(36)8-10-34/h1-6,12-14,19-20,23,36H,7-11,15-16H2,(H,32,33). The Kier molecular flexibility index (Phi) is 6.94. The molecule has 2 saturated heterocycles. The second-order valence-electron chi connectivity index (χ2n) is 9.88. The van der Waals surface area contributed by atoms with Crippen LogP contribution in [0, 0.1) is 5.82 Å². The Morgan fingerprint density at radius 3 is 2.43 bits per heavy atom. The minimum absolute atomic E-state index is 0.182. The van der Waals surface area contributed by atoms with E-state index in [1.54, 1.807) is 28.0 Å². The summed E-state index contributed by atoms with van der Waals surface area (Å²) in [5.74, 6) is -0.906. The molecule has 5 rings (SSSR count). The Morgan fingerprint density at radius 2 is 1.70 bits per heavy atom. The highest BCUT2D eigenvalue weighted by Gasteiger charge is 2.37. The van der Waals surface area contributed by atoms with Crippen molar-refractivity contribution in [1.29, 1.82) is 0 Å². The summed E-state index contributed by atoms with van der Waals surface area (Å²) in [4.78, 5) is 16.8. The molecule has 3 aromatic rings. The fourth-order valence-corrected chi connectivity index (χ4v) is 5.29. The Labute approximate surface area is 211 Å². The average Bonchev–Trinajstić information content (AvgIpc) is 3.39. The van der Waals surface area contributed by atoms with E-state index in [0.717, 1.165) is 17.8 Å². The first-order valence-corrected chi connectivity index (χ1v) is 12.4. The second kappa shape index (κ2) is 10.2. The van der Waals surface area contributed by atoms with Gasteiger partial charge in [-0.3, -0.25) is 5.10 Å². The van der Waals surface area contributed by atoms with Crippen LogP contribution >= 0.6 is 0 Å². The molecule has 196 valence electrons. The summed E-state index contributed by atoms with van der Waals surface area (Å²) in [5.41, 5.74) is 1.70. The quantitative estimate of drug-likeness (QED) is 0.459. The van der Waals surface area contributed by atoms with E-state index < -0.39 is 17.8 Å². The smallest absolute Gasteiger partial charge is 0.393 e. The van der Waals surface area contributed by atoms with Gasteiger partial charge in [0.25, 0.3) is 0 Å². The van der Waals surface area contributed by atoms with E-state index in [1.807, 2.05) is 6.07 Å². The fourth-order valence-electron chi connectivity index (χ4n) is 5.29. The normalized spacial score (nSPS) is 21.3. The number of alkyl halides is 3. The van der Waals surface area contributed by atoms with E-state index in [2.05, 4.69) is 10.2 Å². The molecule has 2 amide bonds. The van der Waals surface area contributed by atoms with Crippen molar-refractivity contribution in [2.24, 2.45) is 0 Å². The van der Waals surface area contributed by atoms with Crippen LogP contribution in [0.2, 0.25) is 0 Å². The van der Waals surface area contributed by atoms with Crippen LogP contribution in [0.5, 0.6) is 0 Å². The lowest BCUT2D eigenvalue weighted by atomic mass is 9.82. The van der Waals surface area contributed by atoms with Gasteiger partial charge in [-0.05, 0) is 49.1 Å². The molecule has 3 heterocycles. The van der Waals surface area contributed by atoms with Crippen LogP contribution in [0.3, 0.4) is 0 Å². The van der Waals surface area contributed by atoms with Crippen molar-refractivity contribution in [3.63, 3.8) is 0 Å². The number of piperidine rings is 2. The molecule has 0 spiro atoms. The van der Waals surface area contributed by atoms with Gasteiger partial charge in [0.2, 0.25) is 0 Å². The van der Waals surface area contributed by atoms with Crippen molar-refractivity contribution >= 4 is 6.03 Å². The highest BCUT2D eigenvalue weighted by atomic mass is 19.4. The minimum Gasteiger partial charge on any atom is -0.393 e. The number of urea groups is 1. The predicted molar refractivity (Wildman–Crippen MR) is 129 cm³/mol. The van der Waals surface area contributed by atoms with E-state index in [0.29, 0.717) is 62.3 Å². The summed E-state index contributed by atoms with van der Waals surface area (Å²) in [5, 5.41) is 17.2. The number of H-pyrrole nitrogens is 1. The molecule has 2 unspecified atom stereocenters. The first-order valence-electron chi connectivity index (χ1n) is 12.4. The van der Waals surface area contributed by atoms with E-state index in [1.165, 1.54) is 18.2 Å². The lowest BCUT2D eigenvalue weighted by Gasteiger charge is -2.41. The van der Waals surface area contributed by atoms with Gasteiger partial charge in [-0.25, -0.2) is 9.18 Å². The molecule has 10 heteroatoms. The first-order chi connectivity index (χ1) is 17.7. The third kappa shape index (κ3) is 5.64. The number of hydrogen-bond acceptors (Lipinski definition) is 3. The van der Waals surface area contributed by atoms with Gasteiger partial charge in [0, 0.05) is 49.3 Å². The number of carbonyl (C=O) groups is 1. The fraction of sp³-hybridized carbons (Fsp3) is 0.407. The van der Waals surface area contributed by atoms with Gasteiger partial charge in [0.15, 0.2) is 0 Å². The number of amides is 2. The molecule has 2 aliphatic heterocycles. The van der Waals surface area contributed by atoms with E-state index >= 15 is 0 Å². The van der Waals surface area contributed by atoms with Crippen LogP contribution < -0.4 is 0 Å². The number of rotatable bonds is 3. The molecule has 37 heavy (non-hydrogen) atoms. The zero-order chi connectivity index (χ0) is 26.2. The van der Waals surface area contributed by atoms with Gasteiger partial charge in [-0.1, -0.05) is 30.3 Å². The molecular weight excluding hydrogens is 488 g/mol. The number of carbonyl (C=O) groups excluding carboxylic acids is 1.